The molecule has 7 heteroatoms. The lowest BCUT2D eigenvalue weighted by Gasteiger charge is -2.27. The van der Waals surface area contributed by atoms with Crippen LogP contribution >= 0.6 is 0 Å². The fraction of sp³-hybridized carbons (Fsp3) is 0.611. The fourth-order valence-corrected chi connectivity index (χ4v) is 3.96. The molecule has 0 amide bonds. The van der Waals surface area contributed by atoms with Crippen molar-refractivity contribution in [2.45, 2.75) is 18.6 Å². The van der Waals surface area contributed by atoms with Crippen LogP contribution in [0.2, 0.25) is 0 Å². The van der Waals surface area contributed by atoms with Crippen LogP contribution in [0.1, 0.15) is 18.4 Å². The summed E-state index contributed by atoms with van der Waals surface area (Å²) in [6.07, 6.45) is 1.66. The molecule has 1 saturated heterocycles. The number of hydrogen-bond acceptors (Lipinski definition) is 4. The molecule has 0 aromatic heterocycles. The van der Waals surface area contributed by atoms with Crippen LogP contribution in [0.15, 0.2) is 35.3 Å². The number of hydrogen-bond donors (Lipinski definition) is 3. The Morgan fingerprint density at radius 2 is 2.16 bits per heavy atom. The molecule has 6 nitrogen and oxygen atoms in total. The molecule has 1 fully saturated rings. The van der Waals surface area contributed by atoms with Crippen molar-refractivity contribution in [1.29, 1.82) is 0 Å². The van der Waals surface area contributed by atoms with E-state index in [-0.39, 0.29) is 12.0 Å². The smallest absolute Gasteiger partial charge is 0.191 e. The van der Waals surface area contributed by atoms with Crippen LogP contribution in [0.4, 0.5) is 0 Å². The van der Waals surface area contributed by atoms with E-state index in [1.807, 2.05) is 30.3 Å². The van der Waals surface area contributed by atoms with Crippen LogP contribution in [-0.4, -0.2) is 61.0 Å². The minimum Gasteiger partial charge on any atom is -0.396 e. The Bertz CT molecular complexity index is 560. The highest BCUT2D eigenvalue weighted by Crippen LogP contribution is 2.31. The molecule has 1 aromatic rings. The third kappa shape index (κ3) is 6.76. The molecule has 140 valence electrons. The van der Waals surface area contributed by atoms with Crippen LogP contribution in [0.25, 0.3) is 0 Å². The number of aliphatic imine (C=N–C) groups is 1. The minimum absolute atomic E-state index is 0.0253. The van der Waals surface area contributed by atoms with Gasteiger partial charge in [-0.3, -0.25) is 9.20 Å². The quantitative estimate of drug-likeness (QED) is 0.446. The van der Waals surface area contributed by atoms with Crippen molar-refractivity contribution in [3.8, 4) is 0 Å². The molecule has 2 unspecified atom stereocenters. The molecule has 2 atom stereocenters. The van der Waals surface area contributed by atoms with E-state index >= 15 is 0 Å². The molecule has 0 saturated carbocycles. The van der Waals surface area contributed by atoms with Crippen molar-refractivity contribution in [3.63, 3.8) is 0 Å². The summed E-state index contributed by atoms with van der Waals surface area (Å²) < 4.78 is 17.6. The highest BCUT2D eigenvalue weighted by Gasteiger charge is 2.34. The molecular weight excluding hydrogens is 338 g/mol. The van der Waals surface area contributed by atoms with E-state index in [9.17, 15) is 9.32 Å². The normalized spacial score (nSPS) is 21.9. The lowest BCUT2D eigenvalue weighted by Crippen LogP contribution is -2.45. The topological polar surface area (TPSA) is 83.0 Å². The predicted molar refractivity (Wildman–Crippen MR) is 102 cm³/mol. The number of benzene rings is 1. The Morgan fingerprint density at radius 1 is 1.36 bits per heavy atom. The molecule has 1 aliphatic rings. The molecule has 0 aliphatic carbocycles. The summed E-state index contributed by atoms with van der Waals surface area (Å²) in [5, 5.41) is 15.8. The van der Waals surface area contributed by atoms with Crippen molar-refractivity contribution < 1.29 is 14.1 Å². The standard InChI is InChI=1S/C18H29N3O3S/c1-19-17(21-14-18(7-10-22)8-11-24-15-18)20-9-12-25(23)13-16-5-3-2-4-6-16/h2-6,22H,7-15H2,1H3,(H2,19,20,21). The molecule has 0 radical (unpaired) electrons. The zero-order chi connectivity index (χ0) is 18.0. The van der Waals surface area contributed by atoms with Gasteiger partial charge in [-0.2, -0.15) is 0 Å². The highest BCUT2D eigenvalue weighted by atomic mass is 32.2. The molecule has 0 spiro atoms. The first kappa shape index (κ1) is 19.9. The van der Waals surface area contributed by atoms with Crippen LogP contribution in [0, 0.1) is 5.41 Å². The summed E-state index contributed by atoms with van der Waals surface area (Å²) in [4.78, 5) is 4.21. The number of nitrogens with zero attached hydrogens (tertiary/aromatic N) is 1. The first-order chi connectivity index (χ1) is 12.2. The Labute approximate surface area is 152 Å². The van der Waals surface area contributed by atoms with E-state index in [0.717, 1.165) is 25.0 Å². The van der Waals surface area contributed by atoms with E-state index in [1.165, 1.54) is 0 Å². The van der Waals surface area contributed by atoms with E-state index in [0.29, 0.717) is 37.2 Å². The third-order valence-electron chi connectivity index (χ3n) is 4.47. The van der Waals surface area contributed by atoms with Crippen molar-refractivity contribution in [2.24, 2.45) is 10.4 Å². The summed E-state index contributed by atoms with van der Waals surface area (Å²) in [6.45, 7) is 2.88. The zero-order valence-corrected chi connectivity index (χ0v) is 15.7. The molecular formula is C18H29N3O3S. The van der Waals surface area contributed by atoms with E-state index in [2.05, 4.69) is 15.6 Å². The van der Waals surface area contributed by atoms with Gasteiger partial charge in [0.1, 0.15) is 0 Å². The van der Waals surface area contributed by atoms with Crippen molar-refractivity contribution in [3.05, 3.63) is 35.9 Å². The van der Waals surface area contributed by atoms with Gasteiger partial charge < -0.3 is 20.5 Å². The number of ether oxygens (including phenoxy) is 1. The van der Waals surface area contributed by atoms with Gasteiger partial charge in [0.25, 0.3) is 0 Å². The van der Waals surface area contributed by atoms with Gasteiger partial charge in [0.2, 0.25) is 0 Å². The first-order valence-corrected chi connectivity index (χ1v) is 10.2. The second-order valence-electron chi connectivity index (χ2n) is 6.40. The number of aliphatic hydroxyl groups excluding tert-OH is 1. The second kappa shape index (κ2) is 10.5. The summed E-state index contributed by atoms with van der Waals surface area (Å²) in [5.41, 5.74) is 1.07. The van der Waals surface area contributed by atoms with E-state index < -0.39 is 10.8 Å². The first-order valence-electron chi connectivity index (χ1n) is 8.69. The number of rotatable bonds is 9. The van der Waals surface area contributed by atoms with Crippen molar-refractivity contribution >= 4 is 16.8 Å². The maximum atomic E-state index is 12.2. The minimum atomic E-state index is -0.905. The number of aliphatic hydroxyl groups is 1. The Balaban J connectivity index is 1.70. The monoisotopic (exact) mass is 367 g/mol. The van der Waals surface area contributed by atoms with Gasteiger partial charge in [-0.25, -0.2) is 0 Å². The number of nitrogens with one attached hydrogen (secondary N) is 2. The zero-order valence-electron chi connectivity index (χ0n) is 14.9. The average Bonchev–Trinajstić information content (AvgIpc) is 3.08. The van der Waals surface area contributed by atoms with Gasteiger partial charge in [-0.15, -0.1) is 0 Å². The maximum Gasteiger partial charge on any atom is 0.191 e. The molecule has 2 rings (SSSR count). The molecule has 0 bridgehead atoms. The maximum absolute atomic E-state index is 12.2. The SMILES string of the molecule is CN=C(NCCS(=O)Cc1ccccc1)NCC1(CCO)CCOC1. The van der Waals surface area contributed by atoms with Gasteiger partial charge in [-0.05, 0) is 18.4 Å². The summed E-state index contributed by atoms with van der Waals surface area (Å²) in [5.74, 6) is 1.84. The van der Waals surface area contributed by atoms with Crippen LogP contribution in [-0.2, 0) is 21.3 Å². The van der Waals surface area contributed by atoms with Gasteiger partial charge >= 0.3 is 0 Å². The van der Waals surface area contributed by atoms with Crippen LogP contribution < -0.4 is 10.6 Å². The largest absolute Gasteiger partial charge is 0.396 e. The third-order valence-corrected chi connectivity index (χ3v) is 5.79. The van der Waals surface area contributed by atoms with Crippen LogP contribution in [0.3, 0.4) is 0 Å². The van der Waals surface area contributed by atoms with Crippen LogP contribution in [0.5, 0.6) is 0 Å². The fourth-order valence-electron chi connectivity index (χ4n) is 2.92. The van der Waals surface area contributed by atoms with Gasteiger partial charge in [0, 0.05) is 61.1 Å². The molecule has 25 heavy (non-hydrogen) atoms. The molecule has 1 heterocycles. The van der Waals surface area contributed by atoms with Gasteiger partial charge in [-0.1, -0.05) is 30.3 Å². The average molecular weight is 368 g/mol. The summed E-state index contributed by atoms with van der Waals surface area (Å²) in [7, 11) is 0.817. The van der Waals surface area contributed by atoms with Crippen molar-refractivity contribution in [1.82, 2.24) is 10.6 Å². The molecule has 3 N–H and O–H groups in total. The molecule has 1 aliphatic heterocycles. The predicted octanol–water partition coefficient (Wildman–Crippen LogP) is 0.889. The van der Waals surface area contributed by atoms with E-state index in [1.54, 1.807) is 7.05 Å². The van der Waals surface area contributed by atoms with Gasteiger partial charge in [0.05, 0.1) is 6.61 Å². The lowest BCUT2D eigenvalue weighted by molar-refractivity contribution is 0.127. The number of guanidine groups is 1. The lowest BCUT2D eigenvalue weighted by atomic mass is 9.84. The molecule has 1 aromatic carbocycles. The van der Waals surface area contributed by atoms with E-state index in [4.69, 9.17) is 4.74 Å². The Hall–Kier alpha value is -1.44. The highest BCUT2D eigenvalue weighted by molar-refractivity contribution is 7.84. The Kier molecular flexibility index (Phi) is 8.37. The summed E-state index contributed by atoms with van der Waals surface area (Å²) in [6, 6.07) is 9.88. The van der Waals surface area contributed by atoms with Crippen molar-refractivity contribution in [2.75, 3.05) is 45.7 Å². The van der Waals surface area contributed by atoms with Gasteiger partial charge in [0.15, 0.2) is 5.96 Å². The summed E-state index contributed by atoms with van der Waals surface area (Å²) >= 11 is 0. The second-order valence-corrected chi connectivity index (χ2v) is 7.98. The Morgan fingerprint density at radius 3 is 2.80 bits per heavy atom.